The number of ether oxygens (including phenoxy) is 1. The highest BCUT2D eigenvalue weighted by molar-refractivity contribution is 5.28. The van der Waals surface area contributed by atoms with E-state index in [2.05, 4.69) is 31.2 Å². The highest BCUT2D eigenvalue weighted by Crippen LogP contribution is 2.36. The minimum Gasteiger partial charge on any atom is -0.493 e. The normalized spacial score (nSPS) is 18.2. The fourth-order valence-electron chi connectivity index (χ4n) is 2.90. The van der Waals surface area contributed by atoms with E-state index in [4.69, 9.17) is 10.5 Å². The Bertz CT molecular complexity index is 383. The van der Waals surface area contributed by atoms with Gasteiger partial charge in [-0.1, -0.05) is 38.3 Å². The van der Waals surface area contributed by atoms with E-state index in [1.165, 1.54) is 37.7 Å². The van der Waals surface area contributed by atoms with Gasteiger partial charge >= 0.3 is 0 Å². The zero-order chi connectivity index (χ0) is 13.6. The van der Waals surface area contributed by atoms with Gasteiger partial charge in [0.2, 0.25) is 0 Å². The third-order valence-electron chi connectivity index (χ3n) is 4.22. The Labute approximate surface area is 117 Å². The van der Waals surface area contributed by atoms with Gasteiger partial charge in [-0.05, 0) is 49.9 Å². The topological polar surface area (TPSA) is 35.2 Å². The summed E-state index contributed by atoms with van der Waals surface area (Å²) < 4.78 is 6.04. The molecule has 1 aliphatic carbocycles. The van der Waals surface area contributed by atoms with Crippen LogP contribution in [0.15, 0.2) is 24.3 Å². The SMILES string of the molecule is CC1(COc2cccc(CCCN)c2)CCCCC1. The largest absolute Gasteiger partial charge is 0.493 e. The van der Waals surface area contributed by atoms with Crippen molar-refractivity contribution < 1.29 is 4.74 Å². The number of benzene rings is 1. The third kappa shape index (κ3) is 4.54. The summed E-state index contributed by atoms with van der Waals surface area (Å²) in [6.45, 7) is 3.97. The molecule has 0 spiro atoms. The molecule has 19 heavy (non-hydrogen) atoms. The second kappa shape index (κ2) is 6.95. The first-order chi connectivity index (χ1) is 9.22. The van der Waals surface area contributed by atoms with Crippen molar-refractivity contribution >= 4 is 0 Å². The molecule has 0 unspecified atom stereocenters. The van der Waals surface area contributed by atoms with Crippen LogP contribution in [0.5, 0.6) is 5.75 Å². The maximum Gasteiger partial charge on any atom is 0.119 e. The molecule has 0 atom stereocenters. The van der Waals surface area contributed by atoms with Crippen LogP contribution in [0, 0.1) is 5.41 Å². The molecule has 106 valence electrons. The molecule has 0 bridgehead atoms. The number of rotatable bonds is 6. The lowest BCUT2D eigenvalue weighted by atomic mass is 9.76. The van der Waals surface area contributed by atoms with Crippen LogP contribution in [0.1, 0.15) is 51.0 Å². The molecule has 0 aliphatic heterocycles. The first-order valence-corrected chi connectivity index (χ1v) is 7.64. The highest BCUT2D eigenvalue weighted by atomic mass is 16.5. The molecule has 1 aromatic carbocycles. The summed E-state index contributed by atoms with van der Waals surface area (Å²) in [6, 6.07) is 8.48. The Kier molecular flexibility index (Phi) is 5.26. The van der Waals surface area contributed by atoms with E-state index in [0.29, 0.717) is 5.41 Å². The van der Waals surface area contributed by atoms with Crippen LogP contribution in [-0.4, -0.2) is 13.2 Å². The molecule has 1 aromatic rings. The zero-order valence-corrected chi connectivity index (χ0v) is 12.2. The van der Waals surface area contributed by atoms with Gasteiger partial charge in [-0.15, -0.1) is 0 Å². The van der Waals surface area contributed by atoms with Crippen molar-refractivity contribution in [2.24, 2.45) is 11.1 Å². The van der Waals surface area contributed by atoms with Crippen LogP contribution in [0.25, 0.3) is 0 Å². The fraction of sp³-hybridized carbons (Fsp3) is 0.647. The summed E-state index contributed by atoms with van der Waals surface area (Å²) in [4.78, 5) is 0. The number of hydrogen-bond donors (Lipinski definition) is 1. The van der Waals surface area contributed by atoms with Crippen LogP contribution in [0.2, 0.25) is 0 Å². The van der Waals surface area contributed by atoms with E-state index in [1.54, 1.807) is 0 Å². The van der Waals surface area contributed by atoms with Gasteiger partial charge in [0.25, 0.3) is 0 Å². The van der Waals surface area contributed by atoms with Gasteiger partial charge in [0.1, 0.15) is 5.75 Å². The van der Waals surface area contributed by atoms with E-state index in [0.717, 1.165) is 31.7 Å². The first kappa shape index (κ1) is 14.4. The first-order valence-electron chi connectivity index (χ1n) is 7.64. The molecule has 2 N–H and O–H groups in total. The van der Waals surface area contributed by atoms with Crippen LogP contribution >= 0.6 is 0 Å². The molecule has 2 rings (SSSR count). The van der Waals surface area contributed by atoms with Gasteiger partial charge in [-0.3, -0.25) is 0 Å². The summed E-state index contributed by atoms with van der Waals surface area (Å²) in [6.07, 6.45) is 8.81. The Morgan fingerprint density at radius 3 is 2.74 bits per heavy atom. The average molecular weight is 261 g/mol. The van der Waals surface area contributed by atoms with Crippen LogP contribution in [0.4, 0.5) is 0 Å². The van der Waals surface area contributed by atoms with Crippen molar-refractivity contribution in [2.75, 3.05) is 13.2 Å². The van der Waals surface area contributed by atoms with Crippen molar-refractivity contribution in [3.05, 3.63) is 29.8 Å². The quantitative estimate of drug-likeness (QED) is 0.842. The summed E-state index contributed by atoms with van der Waals surface area (Å²) in [7, 11) is 0. The fourth-order valence-corrected chi connectivity index (χ4v) is 2.90. The Hall–Kier alpha value is -1.02. The Balaban J connectivity index is 1.88. The van der Waals surface area contributed by atoms with Gasteiger partial charge in [-0.2, -0.15) is 0 Å². The summed E-state index contributed by atoms with van der Waals surface area (Å²) in [5, 5.41) is 0. The number of aryl methyl sites for hydroxylation is 1. The molecule has 2 heteroatoms. The lowest BCUT2D eigenvalue weighted by Crippen LogP contribution is -2.27. The second-order valence-electron chi connectivity index (χ2n) is 6.20. The third-order valence-corrected chi connectivity index (χ3v) is 4.22. The van der Waals surface area contributed by atoms with E-state index >= 15 is 0 Å². The maximum absolute atomic E-state index is 6.04. The molecular formula is C17H27NO. The average Bonchev–Trinajstić information content (AvgIpc) is 2.44. The van der Waals surface area contributed by atoms with Crippen molar-refractivity contribution in [3.8, 4) is 5.75 Å². The van der Waals surface area contributed by atoms with Crippen molar-refractivity contribution in [3.63, 3.8) is 0 Å². The second-order valence-corrected chi connectivity index (χ2v) is 6.20. The molecule has 2 nitrogen and oxygen atoms in total. The van der Waals surface area contributed by atoms with E-state index in [1.807, 2.05) is 0 Å². The van der Waals surface area contributed by atoms with Crippen LogP contribution < -0.4 is 10.5 Å². The van der Waals surface area contributed by atoms with Gasteiger partial charge in [-0.25, -0.2) is 0 Å². The minimum absolute atomic E-state index is 0.380. The van der Waals surface area contributed by atoms with E-state index in [9.17, 15) is 0 Å². The lowest BCUT2D eigenvalue weighted by molar-refractivity contribution is 0.116. The van der Waals surface area contributed by atoms with Crippen LogP contribution in [-0.2, 0) is 6.42 Å². The predicted molar refractivity (Wildman–Crippen MR) is 80.5 cm³/mol. The zero-order valence-electron chi connectivity index (χ0n) is 12.2. The molecule has 1 saturated carbocycles. The molecule has 0 aromatic heterocycles. The van der Waals surface area contributed by atoms with Crippen molar-refractivity contribution in [1.29, 1.82) is 0 Å². The van der Waals surface area contributed by atoms with Crippen LogP contribution in [0.3, 0.4) is 0 Å². The molecule has 0 amide bonds. The van der Waals surface area contributed by atoms with Crippen molar-refractivity contribution in [1.82, 2.24) is 0 Å². The summed E-state index contributed by atoms with van der Waals surface area (Å²) in [5.41, 5.74) is 7.27. The highest BCUT2D eigenvalue weighted by Gasteiger charge is 2.27. The minimum atomic E-state index is 0.380. The van der Waals surface area contributed by atoms with Gasteiger partial charge in [0.05, 0.1) is 6.61 Å². The Morgan fingerprint density at radius 2 is 2.00 bits per heavy atom. The summed E-state index contributed by atoms with van der Waals surface area (Å²) >= 11 is 0. The molecule has 1 fully saturated rings. The number of hydrogen-bond acceptors (Lipinski definition) is 2. The molecule has 0 heterocycles. The van der Waals surface area contributed by atoms with Gasteiger partial charge < -0.3 is 10.5 Å². The van der Waals surface area contributed by atoms with Gasteiger partial charge in [0.15, 0.2) is 0 Å². The van der Waals surface area contributed by atoms with E-state index < -0.39 is 0 Å². The molecule has 1 aliphatic rings. The van der Waals surface area contributed by atoms with E-state index in [-0.39, 0.29) is 0 Å². The monoisotopic (exact) mass is 261 g/mol. The molecule has 0 saturated heterocycles. The summed E-state index contributed by atoms with van der Waals surface area (Å²) in [5.74, 6) is 1.02. The maximum atomic E-state index is 6.04. The van der Waals surface area contributed by atoms with Crippen molar-refractivity contribution in [2.45, 2.75) is 51.9 Å². The molecular weight excluding hydrogens is 234 g/mol. The lowest BCUT2D eigenvalue weighted by Gasteiger charge is -2.33. The standard InChI is InChI=1S/C17H27NO/c1-17(10-3-2-4-11-17)14-19-16-9-5-7-15(13-16)8-6-12-18/h5,7,9,13H,2-4,6,8,10-12,14,18H2,1H3. The molecule has 0 radical (unpaired) electrons. The Morgan fingerprint density at radius 1 is 1.21 bits per heavy atom. The predicted octanol–water partition coefficient (Wildman–Crippen LogP) is 3.93. The smallest absolute Gasteiger partial charge is 0.119 e. The number of nitrogens with two attached hydrogens (primary N) is 1. The van der Waals surface area contributed by atoms with Gasteiger partial charge in [0, 0.05) is 5.41 Å².